The van der Waals surface area contributed by atoms with E-state index in [1.165, 1.54) is 5.56 Å². The predicted octanol–water partition coefficient (Wildman–Crippen LogP) is 2.81. The lowest BCUT2D eigenvalue weighted by Gasteiger charge is -2.05. The molecule has 0 saturated heterocycles. The lowest BCUT2D eigenvalue weighted by Crippen LogP contribution is -2.14. The molecular weight excluding hydrogens is 314 g/mol. The number of pyridine rings is 1. The number of rotatable bonds is 5. The van der Waals surface area contributed by atoms with Crippen LogP contribution in [0.3, 0.4) is 0 Å². The van der Waals surface area contributed by atoms with E-state index in [0.717, 1.165) is 19.4 Å². The number of fused-ring (bicyclic) bond motifs is 1. The summed E-state index contributed by atoms with van der Waals surface area (Å²) in [5.41, 5.74) is 2.68. The van der Waals surface area contributed by atoms with Crippen molar-refractivity contribution in [1.29, 1.82) is 0 Å². The maximum Gasteiger partial charge on any atom is 0.277 e. The Morgan fingerprint density at radius 3 is 2.64 bits per heavy atom. The average molecular weight is 331 g/mol. The summed E-state index contributed by atoms with van der Waals surface area (Å²) in [5.74, 6) is 0.438. The molecule has 124 valence electrons. The minimum Gasteiger partial charge on any atom is -0.325 e. The van der Waals surface area contributed by atoms with Gasteiger partial charge in [0.25, 0.3) is 5.56 Å². The van der Waals surface area contributed by atoms with E-state index in [2.05, 4.69) is 32.1 Å². The topological polar surface area (TPSA) is 76.5 Å². The number of nitrogens with one attached hydrogen (secondary N) is 1. The van der Waals surface area contributed by atoms with E-state index < -0.39 is 0 Å². The molecule has 0 spiro atoms. The van der Waals surface area contributed by atoms with Crippen LogP contribution in [-0.2, 0) is 13.0 Å². The quantitative estimate of drug-likeness (QED) is 0.610. The smallest absolute Gasteiger partial charge is 0.277 e. The van der Waals surface area contributed by atoms with Crippen molar-refractivity contribution >= 4 is 11.2 Å². The zero-order chi connectivity index (χ0) is 17.1. The van der Waals surface area contributed by atoms with Crippen LogP contribution in [0.2, 0.25) is 0 Å². The number of benzene rings is 1. The lowest BCUT2D eigenvalue weighted by molar-refractivity contribution is 0.655. The molecule has 0 aliphatic carbocycles. The number of aromatic amines is 1. The first-order chi connectivity index (χ1) is 12.3. The fourth-order valence-corrected chi connectivity index (χ4v) is 2.88. The van der Waals surface area contributed by atoms with Crippen molar-refractivity contribution in [3.8, 4) is 11.5 Å². The van der Waals surface area contributed by atoms with Gasteiger partial charge in [-0.05, 0) is 30.5 Å². The van der Waals surface area contributed by atoms with Gasteiger partial charge in [-0.1, -0.05) is 36.4 Å². The highest BCUT2D eigenvalue weighted by Crippen LogP contribution is 2.13. The van der Waals surface area contributed by atoms with Gasteiger partial charge in [-0.3, -0.25) is 9.78 Å². The molecule has 6 heteroatoms. The van der Waals surface area contributed by atoms with E-state index in [1.807, 2.05) is 34.9 Å². The molecule has 3 aromatic heterocycles. The first kappa shape index (κ1) is 15.3. The van der Waals surface area contributed by atoms with Crippen LogP contribution in [0.1, 0.15) is 12.0 Å². The molecule has 1 N–H and O–H groups in total. The monoisotopic (exact) mass is 331 g/mol. The van der Waals surface area contributed by atoms with Gasteiger partial charge in [0, 0.05) is 12.7 Å². The molecule has 0 unspecified atom stereocenters. The highest BCUT2D eigenvalue weighted by Gasteiger charge is 2.12. The van der Waals surface area contributed by atoms with Gasteiger partial charge < -0.3 is 9.55 Å². The summed E-state index contributed by atoms with van der Waals surface area (Å²) in [4.78, 5) is 28.3. The number of imidazole rings is 1. The molecule has 0 saturated carbocycles. The minimum atomic E-state index is -0.192. The second kappa shape index (κ2) is 6.68. The van der Waals surface area contributed by atoms with E-state index in [4.69, 9.17) is 0 Å². The van der Waals surface area contributed by atoms with Gasteiger partial charge >= 0.3 is 0 Å². The Hall–Kier alpha value is -3.28. The molecule has 0 fully saturated rings. The standard InChI is InChI=1S/C19H17N5O/c25-19-16-18(22-17(23-19)15-10-4-5-11-20-15)21-13-24(16)12-6-9-14-7-2-1-3-8-14/h1-5,7-8,10-11,13H,6,9,12H2,(H,22,23,25). The summed E-state index contributed by atoms with van der Waals surface area (Å²) in [6.07, 6.45) is 5.23. The molecule has 25 heavy (non-hydrogen) atoms. The Morgan fingerprint density at radius 1 is 1.00 bits per heavy atom. The van der Waals surface area contributed by atoms with Crippen molar-refractivity contribution in [2.24, 2.45) is 0 Å². The lowest BCUT2D eigenvalue weighted by atomic mass is 10.1. The zero-order valence-electron chi connectivity index (χ0n) is 13.6. The molecule has 0 aliphatic rings. The fourth-order valence-electron chi connectivity index (χ4n) is 2.88. The number of H-pyrrole nitrogens is 1. The second-order valence-electron chi connectivity index (χ2n) is 5.83. The van der Waals surface area contributed by atoms with Crippen molar-refractivity contribution in [3.63, 3.8) is 0 Å². The van der Waals surface area contributed by atoms with Crippen LogP contribution in [0.25, 0.3) is 22.7 Å². The predicted molar refractivity (Wildman–Crippen MR) is 96.1 cm³/mol. The highest BCUT2D eigenvalue weighted by atomic mass is 16.1. The largest absolute Gasteiger partial charge is 0.325 e. The van der Waals surface area contributed by atoms with Crippen LogP contribution in [-0.4, -0.2) is 24.5 Å². The maximum absolute atomic E-state index is 12.5. The van der Waals surface area contributed by atoms with E-state index in [1.54, 1.807) is 18.6 Å². The van der Waals surface area contributed by atoms with Crippen molar-refractivity contribution in [2.75, 3.05) is 0 Å². The fraction of sp³-hybridized carbons (Fsp3) is 0.158. The summed E-state index contributed by atoms with van der Waals surface area (Å²) in [6.45, 7) is 0.721. The summed E-state index contributed by atoms with van der Waals surface area (Å²) < 4.78 is 1.87. The number of hydrogen-bond acceptors (Lipinski definition) is 4. The molecule has 0 radical (unpaired) electrons. The Balaban J connectivity index is 1.58. The van der Waals surface area contributed by atoms with Crippen LogP contribution in [0.5, 0.6) is 0 Å². The van der Waals surface area contributed by atoms with Gasteiger partial charge in [-0.25, -0.2) is 9.97 Å². The normalized spacial score (nSPS) is 11.0. The summed E-state index contributed by atoms with van der Waals surface area (Å²) in [5, 5.41) is 0. The van der Waals surface area contributed by atoms with E-state index in [9.17, 15) is 4.79 Å². The zero-order valence-corrected chi connectivity index (χ0v) is 13.6. The molecule has 0 amide bonds. The molecule has 4 aromatic rings. The Morgan fingerprint density at radius 2 is 1.84 bits per heavy atom. The average Bonchev–Trinajstić information content (AvgIpc) is 3.07. The van der Waals surface area contributed by atoms with Crippen LogP contribution in [0.4, 0.5) is 0 Å². The third-order valence-electron chi connectivity index (χ3n) is 4.10. The Labute approximate surface area is 144 Å². The van der Waals surface area contributed by atoms with Gasteiger partial charge in [-0.2, -0.15) is 0 Å². The SMILES string of the molecule is O=c1[nH]c(-c2ccccn2)nc2ncn(CCCc3ccccc3)c12. The molecule has 0 atom stereocenters. The van der Waals surface area contributed by atoms with Gasteiger partial charge in [0.15, 0.2) is 17.0 Å². The Kier molecular flexibility index (Phi) is 4.08. The second-order valence-corrected chi connectivity index (χ2v) is 5.83. The summed E-state index contributed by atoms with van der Waals surface area (Å²) in [7, 11) is 0. The summed E-state index contributed by atoms with van der Waals surface area (Å²) in [6, 6.07) is 15.8. The first-order valence-corrected chi connectivity index (χ1v) is 8.22. The van der Waals surface area contributed by atoms with Gasteiger partial charge in [0.05, 0.1) is 6.33 Å². The van der Waals surface area contributed by atoms with E-state index in [0.29, 0.717) is 22.7 Å². The molecule has 3 heterocycles. The van der Waals surface area contributed by atoms with Crippen molar-refractivity contribution in [3.05, 3.63) is 77.0 Å². The van der Waals surface area contributed by atoms with Crippen molar-refractivity contribution in [2.45, 2.75) is 19.4 Å². The third-order valence-corrected chi connectivity index (χ3v) is 4.10. The summed E-state index contributed by atoms with van der Waals surface area (Å²) >= 11 is 0. The van der Waals surface area contributed by atoms with E-state index >= 15 is 0 Å². The number of aromatic nitrogens is 5. The van der Waals surface area contributed by atoms with Crippen LogP contribution >= 0.6 is 0 Å². The highest BCUT2D eigenvalue weighted by molar-refractivity contribution is 5.71. The molecule has 0 aliphatic heterocycles. The molecule has 6 nitrogen and oxygen atoms in total. The number of aryl methyl sites for hydroxylation is 2. The first-order valence-electron chi connectivity index (χ1n) is 8.22. The van der Waals surface area contributed by atoms with Gasteiger partial charge in [0.1, 0.15) is 5.69 Å². The van der Waals surface area contributed by atoms with Crippen LogP contribution in [0, 0.1) is 0 Å². The molecule has 1 aromatic carbocycles. The van der Waals surface area contributed by atoms with Gasteiger partial charge in [-0.15, -0.1) is 0 Å². The molecule has 0 bridgehead atoms. The number of nitrogens with zero attached hydrogens (tertiary/aromatic N) is 4. The Bertz CT molecular complexity index is 1040. The molecule has 4 rings (SSSR count). The van der Waals surface area contributed by atoms with Crippen LogP contribution < -0.4 is 5.56 Å². The van der Waals surface area contributed by atoms with E-state index in [-0.39, 0.29) is 5.56 Å². The van der Waals surface area contributed by atoms with Crippen molar-refractivity contribution in [1.82, 2.24) is 24.5 Å². The van der Waals surface area contributed by atoms with Gasteiger partial charge in [0.2, 0.25) is 0 Å². The maximum atomic E-state index is 12.5. The number of hydrogen-bond donors (Lipinski definition) is 1. The van der Waals surface area contributed by atoms with Crippen molar-refractivity contribution < 1.29 is 0 Å². The third kappa shape index (κ3) is 3.19. The van der Waals surface area contributed by atoms with Crippen LogP contribution in [0.15, 0.2) is 65.8 Å². The minimum absolute atomic E-state index is 0.192. The molecular formula is C19H17N5O.